The highest BCUT2D eigenvalue weighted by Gasteiger charge is 2.41. The molecule has 2 aliphatic heterocycles. The Labute approximate surface area is 145 Å². The van der Waals surface area contributed by atoms with Gasteiger partial charge in [-0.3, -0.25) is 9.69 Å². The van der Waals surface area contributed by atoms with Crippen molar-refractivity contribution in [1.82, 2.24) is 15.1 Å². The molecule has 2 heterocycles. The van der Waals surface area contributed by atoms with E-state index >= 15 is 0 Å². The van der Waals surface area contributed by atoms with Crippen molar-refractivity contribution < 1.29 is 9.53 Å². The van der Waals surface area contributed by atoms with Crippen LogP contribution in [0.1, 0.15) is 24.4 Å². The summed E-state index contributed by atoms with van der Waals surface area (Å²) in [4.78, 5) is 16.8. The number of nitrogens with one attached hydrogen (secondary N) is 1. The highest BCUT2D eigenvalue weighted by atomic mass is 16.5. The zero-order valence-corrected chi connectivity index (χ0v) is 14.8. The van der Waals surface area contributed by atoms with Gasteiger partial charge >= 0.3 is 0 Å². The van der Waals surface area contributed by atoms with Gasteiger partial charge < -0.3 is 15.0 Å². The van der Waals surface area contributed by atoms with Gasteiger partial charge in [-0.15, -0.1) is 0 Å². The standard InChI is InChI=1S/C19H29N3O2/c1-21(2)17(16-6-4-3-5-7-16)12-20-18(23)13-22-10-8-19(14-22)9-11-24-15-19/h3-7,17H,8-15H2,1-2H3,(H,20,23)/t17-,19+/m1/s1. The van der Waals surface area contributed by atoms with E-state index in [-0.39, 0.29) is 11.9 Å². The molecule has 0 aromatic heterocycles. The summed E-state index contributed by atoms with van der Waals surface area (Å²) in [5.74, 6) is 0.119. The zero-order valence-electron chi connectivity index (χ0n) is 14.8. The molecule has 0 saturated carbocycles. The molecule has 5 nitrogen and oxygen atoms in total. The minimum absolute atomic E-state index is 0.119. The molecule has 1 N–H and O–H groups in total. The number of ether oxygens (including phenoxy) is 1. The molecule has 0 aliphatic carbocycles. The minimum atomic E-state index is 0.119. The van der Waals surface area contributed by atoms with Crippen LogP contribution in [0.2, 0.25) is 0 Å². The summed E-state index contributed by atoms with van der Waals surface area (Å²) in [7, 11) is 4.10. The molecule has 2 aliphatic rings. The zero-order chi connectivity index (χ0) is 17.0. The van der Waals surface area contributed by atoms with Crippen LogP contribution in [0.4, 0.5) is 0 Å². The molecule has 0 unspecified atom stereocenters. The molecule has 1 aromatic carbocycles. The predicted molar refractivity (Wildman–Crippen MR) is 94.8 cm³/mol. The third kappa shape index (κ3) is 4.15. The molecule has 2 saturated heterocycles. The van der Waals surface area contributed by atoms with E-state index in [2.05, 4.69) is 27.2 Å². The van der Waals surface area contributed by atoms with Crippen LogP contribution < -0.4 is 5.32 Å². The van der Waals surface area contributed by atoms with Crippen molar-refractivity contribution in [3.05, 3.63) is 35.9 Å². The fourth-order valence-corrected chi connectivity index (χ4v) is 3.88. The molecule has 1 amide bonds. The van der Waals surface area contributed by atoms with Crippen LogP contribution >= 0.6 is 0 Å². The second kappa shape index (κ2) is 7.64. The van der Waals surface area contributed by atoms with Crippen LogP contribution in [0.3, 0.4) is 0 Å². The lowest BCUT2D eigenvalue weighted by atomic mass is 9.87. The van der Waals surface area contributed by atoms with E-state index in [4.69, 9.17) is 4.74 Å². The first-order chi connectivity index (χ1) is 11.6. The molecular formula is C19H29N3O2. The van der Waals surface area contributed by atoms with E-state index in [0.717, 1.165) is 39.1 Å². The van der Waals surface area contributed by atoms with Crippen LogP contribution in [-0.4, -0.2) is 69.2 Å². The molecule has 24 heavy (non-hydrogen) atoms. The Balaban J connectivity index is 1.48. The van der Waals surface area contributed by atoms with Gasteiger partial charge in [0, 0.05) is 25.1 Å². The molecule has 5 heteroatoms. The smallest absolute Gasteiger partial charge is 0.234 e. The van der Waals surface area contributed by atoms with Crippen LogP contribution in [0.25, 0.3) is 0 Å². The number of nitrogens with zero attached hydrogens (tertiary/aromatic N) is 2. The van der Waals surface area contributed by atoms with E-state index in [9.17, 15) is 4.79 Å². The molecule has 132 valence electrons. The maximum Gasteiger partial charge on any atom is 0.234 e. The van der Waals surface area contributed by atoms with Gasteiger partial charge in [-0.25, -0.2) is 0 Å². The third-order valence-electron chi connectivity index (χ3n) is 5.37. The van der Waals surface area contributed by atoms with Gasteiger partial charge in [-0.2, -0.15) is 0 Å². The second-order valence-electron chi connectivity index (χ2n) is 7.46. The average molecular weight is 331 g/mol. The van der Waals surface area contributed by atoms with Crippen LogP contribution in [-0.2, 0) is 9.53 Å². The summed E-state index contributed by atoms with van der Waals surface area (Å²) < 4.78 is 5.56. The number of hydrogen-bond acceptors (Lipinski definition) is 4. The summed E-state index contributed by atoms with van der Waals surface area (Å²) in [6, 6.07) is 10.5. The lowest BCUT2D eigenvalue weighted by molar-refractivity contribution is -0.122. The number of carbonyl (C=O) groups is 1. The lowest BCUT2D eigenvalue weighted by Crippen LogP contribution is -2.40. The number of rotatable bonds is 6. The van der Waals surface area contributed by atoms with E-state index in [1.807, 2.05) is 32.3 Å². The number of benzene rings is 1. The number of hydrogen-bond donors (Lipinski definition) is 1. The fourth-order valence-electron chi connectivity index (χ4n) is 3.88. The normalized spacial score (nSPS) is 25.5. The van der Waals surface area contributed by atoms with Crippen LogP contribution in [0, 0.1) is 5.41 Å². The number of likely N-dealkylation sites (tertiary alicyclic amines) is 1. The van der Waals surface area contributed by atoms with Crippen molar-refractivity contribution in [1.29, 1.82) is 0 Å². The Morgan fingerprint density at radius 1 is 1.33 bits per heavy atom. The maximum atomic E-state index is 12.4. The fraction of sp³-hybridized carbons (Fsp3) is 0.632. The van der Waals surface area contributed by atoms with Gasteiger partial charge in [0.1, 0.15) is 0 Å². The van der Waals surface area contributed by atoms with E-state index in [1.165, 1.54) is 5.56 Å². The van der Waals surface area contributed by atoms with E-state index < -0.39 is 0 Å². The monoisotopic (exact) mass is 331 g/mol. The Kier molecular flexibility index (Phi) is 5.54. The van der Waals surface area contributed by atoms with Gasteiger partial charge in [0.15, 0.2) is 0 Å². The summed E-state index contributed by atoms with van der Waals surface area (Å²) in [6.07, 6.45) is 2.30. The Hall–Kier alpha value is -1.43. The van der Waals surface area contributed by atoms with Crippen LogP contribution in [0.5, 0.6) is 0 Å². The van der Waals surface area contributed by atoms with Crippen LogP contribution in [0.15, 0.2) is 30.3 Å². The quantitative estimate of drug-likeness (QED) is 0.858. The van der Waals surface area contributed by atoms with Gasteiger partial charge in [0.05, 0.1) is 19.2 Å². The van der Waals surface area contributed by atoms with Crippen molar-refractivity contribution in [3.8, 4) is 0 Å². The summed E-state index contributed by atoms with van der Waals surface area (Å²) in [6.45, 7) is 4.88. The highest BCUT2D eigenvalue weighted by Crippen LogP contribution is 2.37. The first-order valence-corrected chi connectivity index (χ1v) is 8.86. The van der Waals surface area contributed by atoms with Gasteiger partial charge in [0.25, 0.3) is 0 Å². The van der Waals surface area contributed by atoms with E-state index in [0.29, 0.717) is 18.5 Å². The molecule has 2 atom stereocenters. The molecule has 1 aromatic rings. The predicted octanol–water partition coefficient (Wildman–Crippen LogP) is 1.52. The Bertz CT molecular complexity index is 541. The first kappa shape index (κ1) is 17.4. The topological polar surface area (TPSA) is 44.8 Å². The maximum absolute atomic E-state index is 12.4. The largest absolute Gasteiger partial charge is 0.381 e. The van der Waals surface area contributed by atoms with Crippen molar-refractivity contribution in [2.24, 2.45) is 5.41 Å². The third-order valence-corrected chi connectivity index (χ3v) is 5.37. The lowest BCUT2D eigenvalue weighted by Gasteiger charge is -2.26. The molecule has 2 fully saturated rings. The number of likely N-dealkylation sites (N-methyl/N-ethyl adjacent to an activating group) is 1. The molecule has 3 rings (SSSR count). The number of carbonyl (C=O) groups excluding carboxylic acids is 1. The van der Waals surface area contributed by atoms with Crippen molar-refractivity contribution in [3.63, 3.8) is 0 Å². The summed E-state index contributed by atoms with van der Waals surface area (Å²) in [5.41, 5.74) is 1.54. The average Bonchev–Trinajstić information content (AvgIpc) is 3.18. The first-order valence-electron chi connectivity index (χ1n) is 8.86. The van der Waals surface area contributed by atoms with Crippen molar-refractivity contribution in [2.75, 3.05) is 53.5 Å². The molecule has 0 bridgehead atoms. The SMILES string of the molecule is CN(C)[C@H](CNC(=O)CN1CC[C@]2(CCOC2)C1)c1ccccc1. The molecule has 0 radical (unpaired) electrons. The summed E-state index contributed by atoms with van der Waals surface area (Å²) in [5, 5.41) is 3.11. The minimum Gasteiger partial charge on any atom is -0.381 e. The number of amides is 1. The summed E-state index contributed by atoms with van der Waals surface area (Å²) >= 11 is 0. The second-order valence-corrected chi connectivity index (χ2v) is 7.46. The van der Waals surface area contributed by atoms with Gasteiger partial charge in [0.2, 0.25) is 5.91 Å². The Morgan fingerprint density at radius 3 is 2.79 bits per heavy atom. The molecule has 1 spiro atoms. The van der Waals surface area contributed by atoms with Crippen molar-refractivity contribution >= 4 is 5.91 Å². The van der Waals surface area contributed by atoms with Gasteiger partial charge in [-0.1, -0.05) is 30.3 Å². The Morgan fingerprint density at radius 2 is 2.12 bits per heavy atom. The highest BCUT2D eigenvalue weighted by molar-refractivity contribution is 5.78. The molecular weight excluding hydrogens is 302 g/mol. The van der Waals surface area contributed by atoms with Crippen molar-refractivity contribution in [2.45, 2.75) is 18.9 Å². The van der Waals surface area contributed by atoms with E-state index in [1.54, 1.807) is 0 Å². The van der Waals surface area contributed by atoms with Gasteiger partial charge in [-0.05, 0) is 39.0 Å².